The van der Waals surface area contributed by atoms with Crippen molar-refractivity contribution in [3.63, 3.8) is 0 Å². The van der Waals surface area contributed by atoms with Crippen molar-refractivity contribution in [1.82, 2.24) is 14.9 Å². The number of sulfonamides is 1. The topological polar surface area (TPSA) is 124 Å². The Balaban J connectivity index is 1.32. The molecule has 0 radical (unpaired) electrons. The van der Waals surface area contributed by atoms with Crippen molar-refractivity contribution < 1.29 is 17.6 Å². The average molecular weight is 561 g/mol. The number of benzene rings is 2. The zero-order valence-corrected chi connectivity index (χ0v) is 22.2. The predicted molar refractivity (Wildman–Crippen MR) is 144 cm³/mol. The summed E-state index contributed by atoms with van der Waals surface area (Å²) in [6.45, 7) is 0.739. The summed E-state index contributed by atoms with van der Waals surface area (Å²) < 4.78 is 38.1. The maximum absolute atomic E-state index is 13.2. The lowest BCUT2D eigenvalue weighted by atomic mass is 10.1. The van der Waals surface area contributed by atoms with Gasteiger partial charge in [0, 0.05) is 25.3 Å². The van der Waals surface area contributed by atoms with E-state index < -0.39 is 10.0 Å². The smallest absolute Gasteiger partial charge is 0.272 e. The van der Waals surface area contributed by atoms with E-state index in [2.05, 4.69) is 10.3 Å². The van der Waals surface area contributed by atoms with Gasteiger partial charge in [0.15, 0.2) is 5.16 Å². The average Bonchev–Trinajstić information content (AvgIpc) is 3.34. The highest BCUT2D eigenvalue weighted by Gasteiger charge is 2.14. The van der Waals surface area contributed by atoms with E-state index in [1.807, 2.05) is 11.4 Å². The molecule has 4 rings (SSSR count). The highest BCUT2D eigenvalue weighted by Crippen LogP contribution is 2.24. The number of halogens is 1. The Bertz CT molecular complexity index is 1550. The first kappa shape index (κ1) is 27.0. The second-order valence-corrected chi connectivity index (χ2v) is 11.7. The second-order valence-electron chi connectivity index (χ2n) is 8.29. The quantitative estimate of drug-likeness (QED) is 0.213. The molecule has 2 heterocycles. The molecule has 0 unspecified atom stereocenters. The van der Waals surface area contributed by atoms with Crippen molar-refractivity contribution in [2.24, 2.45) is 5.14 Å². The van der Waals surface area contributed by atoms with Gasteiger partial charge in [0.05, 0.1) is 10.4 Å². The van der Waals surface area contributed by atoms with E-state index in [1.165, 1.54) is 47.4 Å². The molecule has 4 aromatic rings. The van der Waals surface area contributed by atoms with E-state index in [4.69, 9.17) is 5.14 Å². The van der Waals surface area contributed by atoms with Crippen molar-refractivity contribution in [3.05, 3.63) is 87.3 Å². The third-order valence-corrected chi connectivity index (χ3v) is 8.45. The number of hydrogen-bond acceptors (Lipinski definition) is 7. The van der Waals surface area contributed by atoms with Crippen LogP contribution in [0, 0.1) is 5.82 Å². The molecule has 8 nitrogen and oxygen atoms in total. The lowest BCUT2D eigenvalue weighted by Crippen LogP contribution is -2.27. The number of thioether (sulfide) groups is 1. The number of rotatable bonds is 11. The van der Waals surface area contributed by atoms with Gasteiger partial charge in [0.25, 0.3) is 5.56 Å². The van der Waals surface area contributed by atoms with Gasteiger partial charge in [-0.3, -0.25) is 14.2 Å². The molecule has 0 aliphatic rings. The van der Waals surface area contributed by atoms with E-state index in [0.717, 1.165) is 11.1 Å². The molecular weight excluding hydrogens is 535 g/mol. The Labute approximate surface area is 221 Å². The number of aromatic nitrogens is 2. The summed E-state index contributed by atoms with van der Waals surface area (Å²) in [7, 11) is -3.73. The van der Waals surface area contributed by atoms with Crippen LogP contribution in [-0.2, 0) is 33.5 Å². The van der Waals surface area contributed by atoms with Crippen LogP contribution in [-0.4, -0.2) is 30.4 Å². The zero-order valence-electron chi connectivity index (χ0n) is 19.7. The van der Waals surface area contributed by atoms with Gasteiger partial charge in [-0.15, -0.1) is 11.3 Å². The van der Waals surface area contributed by atoms with Gasteiger partial charge in [0.1, 0.15) is 10.5 Å². The fraction of sp³-hybridized carbons (Fsp3) is 0.240. The first-order valence-electron chi connectivity index (χ1n) is 11.4. The molecule has 12 heteroatoms. The number of primary sulfonamides is 1. The van der Waals surface area contributed by atoms with Gasteiger partial charge >= 0.3 is 0 Å². The molecule has 0 aliphatic heterocycles. The zero-order chi connectivity index (χ0) is 26.4. The molecule has 2 aromatic heterocycles. The van der Waals surface area contributed by atoms with Gasteiger partial charge in [-0.05, 0) is 59.7 Å². The maximum Gasteiger partial charge on any atom is 0.272 e. The van der Waals surface area contributed by atoms with Crippen LogP contribution in [0.2, 0.25) is 0 Å². The molecule has 0 aliphatic carbocycles. The first-order valence-corrected chi connectivity index (χ1v) is 14.9. The van der Waals surface area contributed by atoms with E-state index in [9.17, 15) is 22.4 Å². The Kier molecular flexibility index (Phi) is 8.75. The Morgan fingerprint density at radius 1 is 1.08 bits per heavy atom. The molecule has 0 fully saturated rings. The first-order chi connectivity index (χ1) is 17.7. The number of fused-ring (bicyclic) bond motifs is 1. The largest absolute Gasteiger partial charge is 0.356 e. The summed E-state index contributed by atoms with van der Waals surface area (Å²) in [6, 6.07) is 14.2. The van der Waals surface area contributed by atoms with E-state index >= 15 is 0 Å². The summed E-state index contributed by atoms with van der Waals surface area (Å²) in [6.07, 6.45) is 1.23. The fourth-order valence-corrected chi connectivity index (χ4v) is 5.91. The summed E-state index contributed by atoms with van der Waals surface area (Å²) in [5.41, 5.74) is 2.29. The van der Waals surface area contributed by atoms with Crippen LogP contribution in [0.5, 0.6) is 0 Å². The van der Waals surface area contributed by atoms with Gasteiger partial charge < -0.3 is 5.32 Å². The normalized spacial score (nSPS) is 11.6. The Hall–Kier alpha value is -3.06. The number of carbonyl (C=O) groups excluding carboxylic acids is 1. The molecule has 0 atom stereocenters. The van der Waals surface area contributed by atoms with Crippen LogP contribution >= 0.6 is 23.1 Å². The SMILES string of the molecule is NS(=O)(=O)c1ccc(CCNC(=O)CCCn2c(SCc3ccc(F)cc3)nc3ccsc3c2=O)cc1. The van der Waals surface area contributed by atoms with E-state index in [-0.39, 0.29) is 28.6 Å². The summed E-state index contributed by atoms with van der Waals surface area (Å²) in [5, 5.41) is 10.3. The van der Waals surface area contributed by atoms with Crippen molar-refractivity contribution in [3.8, 4) is 0 Å². The molecule has 0 saturated heterocycles. The summed E-state index contributed by atoms with van der Waals surface area (Å²) in [5.74, 6) is 0.0858. The van der Waals surface area contributed by atoms with Crippen LogP contribution in [0.15, 0.2) is 74.8 Å². The number of nitrogens with two attached hydrogens (primary N) is 1. The molecular formula is C25H25FN4O4S3. The highest BCUT2D eigenvalue weighted by molar-refractivity contribution is 7.98. The highest BCUT2D eigenvalue weighted by atomic mass is 32.2. The minimum atomic E-state index is -3.73. The summed E-state index contributed by atoms with van der Waals surface area (Å²) >= 11 is 2.74. The molecule has 2 aromatic carbocycles. The van der Waals surface area contributed by atoms with Gasteiger partial charge in [-0.1, -0.05) is 36.0 Å². The van der Waals surface area contributed by atoms with Crippen molar-refractivity contribution in [1.29, 1.82) is 0 Å². The lowest BCUT2D eigenvalue weighted by molar-refractivity contribution is -0.121. The number of nitrogens with one attached hydrogen (secondary N) is 1. The standard InChI is InChI=1S/C25H25FN4O4S3/c26-19-7-3-18(4-8-19)16-36-25-29-21-12-15-35-23(21)24(32)30(25)14-1-2-22(31)28-13-11-17-5-9-20(10-6-17)37(27,33)34/h3-10,12,15H,1-2,11,13-14,16H2,(H,28,31)(H2,27,33,34). The summed E-state index contributed by atoms with van der Waals surface area (Å²) in [4.78, 5) is 30.1. The predicted octanol–water partition coefficient (Wildman–Crippen LogP) is 3.68. The number of nitrogens with zero attached hydrogens (tertiary/aromatic N) is 2. The van der Waals surface area contributed by atoms with E-state index in [1.54, 1.807) is 28.8 Å². The molecule has 0 spiro atoms. The van der Waals surface area contributed by atoms with Crippen molar-refractivity contribution in [2.75, 3.05) is 6.54 Å². The van der Waals surface area contributed by atoms with Crippen molar-refractivity contribution >= 4 is 49.2 Å². The Morgan fingerprint density at radius 3 is 2.49 bits per heavy atom. The molecule has 3 N–H and O–H groups in total. The molecule has 0 saturated carbocycles. The third-order valence-electron chi connectivity index (χ3n) is 5.59. The van der Waals surface area contributed by atoms with Crippen LogP contribution < -0.4 is 16.0 Å². The van der Waals surface area contributed by atoms with Gasteiger partial charge in [-0.25, -0.2) is 22.9 Å². The Morgan fingerprint density at radius 2 is 1.78 bits per heavy atom. The van der Waals surface area contributed by atoms with Crippen molar-refractivity contribution in [2.45, 2.75) is 41.6 Å². The molecule has 37 heavy (non-hydrogen) atoms. The van der Waals surface area contributed by atoms with Crippen LogP contribution in [0.25, 0.3) is 10.2 Å². The second kappa shape index (κ2) is 12.0. The molecule has 194 valence electrons. The number of hydrogen-bond donors (Lipinski definition) is 2. The van der Waals surface area contributed by atoms with Crippen LogP contribution in [0.4, 0.5) is 4.39 Å². The third kappa shape index (κ3) is 7.25. The van der Waals surface area contributed by atoms with E-state index in [0.29, 0.717) is 47.1 Å². The monoisotopic (exact) mass is 560 g/mol. The van der Waals surface area contributed by atoms with Crippen LogP contribution in [0.3, 0.4) is 0 Å². The van der Waals surface area contributed by atoms with Crippen LogP contribution in [0.1, 0.15) is 24.0 Å². The number of amides is 1. The number of carbonyl (C=O) groups is 1. The molecule has 1 amide bonds. The van der Waals surface area contributed by atoms with Gasteiger partial charge in [0.2, 0.25) is 15.9 Å². The lowest BCUT2D eigenvalue weighted by Gasteiger charge is -2.12. The fourth-order valence-electron chi connectivity index (χ4n) is 3.64. The minimum Gasteiger partial charge on any atom is -0.356 e. The van der Waals surface area contributed by atoms with Gasteiger partial charge in [-0.2, -0.15) is 0 Å². The molecule has 0 bridgehead atoms. The maximum atomic E-state index is 13.2. The minimum absolute atomic E-state index is 0.0425. The number of thiophene rings is 1.